The van der Waals surface area contributed by atoms with Gasteiger partial charge < -0.3 is 24.5 Å². The molecule has 0 bridgehead atoms. The number of anilines is 1. The van der Waals surface area contributed by atoms with Gasteiger partial charge in [-0.2, -0.15) is 0 Å². The highest BCUT2D eigenvalue weighted by atomic mass is 16.5. The third kappa shape index (κ3) is 5.90. The van der Waals surface area contributed by atoms with Crippen molar-refractivity contribution in [2.75, 3.05) is 58.8 Å². The largest absolute Gasteiger partial charge is 0.492 e. The van der Waals surface area contributed by atoms with Crippen molar-refractivity contribution in [2.45, 2.75) is 18.4 Å². The van der Waals surface area contributed by atoms with Crippen molar-refractivity contribution >= 4 is 11.7 Å². The number of hydrogen-bond donors (Lipinski definition) is 1. The van der Waals surface area contributed by atoms with E-state index in [2.05, 4.69) is 9.97 Å². The fraction of sp³-hybridized carbons (Fsp3) is 0.500. The van der Waals surface area contributed by atoms with Crippen molar-refractivity contribution in [2.24, 2.45) is 0 Å². The Kier molecular flexibility index (Phi) is 7.23. The summed E-state index contributed by atoms with van der Waals surface area (Å²) in [5.74, 6) is 1.27. The van der Waals surface area contributed by atoms with Gasteiger partial charge in [-0.25, -0.2) is 4.98 Å². The second-order valence-corrected chi connectivity index (χ2v) is 8.15. The van der Waals surface area contributed by atoms with Crippen molar-refractivity contribution < 1.29 is 14.6 Å². The monoisotopic (exact) mass is 413 g/mol. The Balaban J connectivity index is 1.62. The summed E-state index contributed by atoms with van der Waals surface area (Å²) in [4.78, 5) is 27.0. The van der Waals surface area contributed by atoms with Crippen LogP contribution < -0.4 is 9.64 Å². The van der Waals surface area contributed by atoms with Crippen LogP contribution in [0.2, 0.25) is 0 Å². The van der Waals surface area contributed by atoms with Crippen LogP contribution in [-0.2, 0) is 0 Å². The Morgan fingerprint density at radius 2 is 2.13 bits per heavy atom. The molecule has 1 N–H and O–H groups in total. The number of rotatable bonds is 8. The Morgan fingerprint density at radius 3 is 2.87 bits per heavy atom. The number of aliphatic hydroxyl groups is 1. The number of hydrogen-bond acceptors (Lipinski definition) is 7. The molecule has 1 aromatic heterocycles. The lowest BCUT2D eigenvalue weighted by atomic mass is 9.92. The summed E-state index contributed by atoms with van der Waals surface area (Å²) in [6.45, 7) is 2.82. The van der Waals surface area contributed by atoms with Crippen LogP contribution >= 0.6 is 0 Å². The van der Waals surface area contributed by atoms with Gasteiger partial charge in [0.15, 0.2) is 0 Å². The van der Waals surface area contributed by atoms with E-state index in [9.17, 15) is 9.90 Å². The molecule has 8 heteroatoms. The fourth-order valence-corrected chi connectivity index (χ4v) is 3.69. The molecule has 0 spiro atoms. The van der Waals surface area contributed by atoms with Crippen LogP contribution in [0.5, 0.6) is 5.75 Å². The van der Waals surface area contributed by atoms with E-state index in [4.69, 9.17) is 4.74 Å². The van der Waals surface area contributed by atoms with E-state index in [1.165, 1.54) is 0 Å². The van der Waals surface area contributed by atoms with Crippen LogP contribution in [0, 0.1) is 0 Å². The van der Waals surface area contributed by atoms with E-state index in [-0.39, 0.29) is 12.5 Å². The zero-order chi connectivity index (χ0) is 21.6. The summed E-state index contributed by atoms with van der Waals surface area (Å²) in [6.07, 6.45) is 6.43. The van der Waals surface area contributed by atoms with Gasteiger partial charge in [0.05, 0.1) is 18.3 Å². The zero-order valence-electron chi connectivity index (χ0n) is 18.0. The van der Waals surface area contributed by atoms with E-state index in [0.717, 1.165) is 25.3 Å². The standard InChI is InChI=1S/C22H31N5O3/c1-25(2)12-13-30-19-7-4-6-18(14-19)21(28)26(3)16-22(29)8-5-11-27(17-22)20-15-23-9-10-24-20/h4,6-7,9-10,14-15,29H,5,8,11-13,16-17H2,1-3H3/t22-/m1/s1. The van der Waals surface area contributed by atoms with Gasteiger partial charge in [0, 0.05) is 44.6 Å². The molecule has 0 unspecified atom stereocenters. The maximum absolute atomic E-state index is 13.0. The van der Waals surface area contributed by atoms with E-state index in [1.54, 1.807) is 42.7 Å². The normalized spacial score (nSPS) is 19.0. The molecule has 1 aromatic carbocycles. The Morgan fingerprint density at radius 1 is 1.30 bits per heavy atom. The van der Waals surface area contributed by atoms with Crippen LogP contribution in [0.3, 0.4) is 0 Å². The van der Waals surface area contributed by atoms with E-state index in [0.29, 0.717) is 30.9 Å². The molecule has 0 radical (unpaired) electrons. The van der Waals surface area contributed by atoms with Gasteiger partial charge >= 0.3 is 0 Å². The minimum absolute atomic E-state index is 0.141. The second-order valence-electron chi connectivity index (χ2n) is 8.15. The van der Waals surface area contributed by atoms with Crippen LogP contribution in [0.15, 0.2) is 42.9 Å². The molecule has 0 saturated carbocycles. The predicted octanol–water partition coefficient (Wildman–Crippen LogP) is 1.52. The van der Waals surface area contributed by atoms with Crippen LogP contribution in [0.4, 0.5) is 5.82 Å². The lowest BCUT2D eigenvalue weighted by molar-refractivity contribution is -0.000150. The third-order valence-corrected chi connectivity index (χ3v) is 5.20. The zero-order valence-corrected chi connectivity index (χ0v) is 18.0. The van der Waals surface area contributed by atoms with Gasteiger partial charge in [0.25, 0.3) is 5.91 Å². The van der Waals surface area contributed by atoms with Crippen LogP contribution in [-0.4, -0.2) is 90.3 Å². The highest BCUT2D eigenvalue weighted by molar-refractivity contribution is 5.94. The number of benzene rings is 1. The molecule has 2 aromatic rings. The molecular weight excluding hydrogens is 382 g/mol. The molecule has 1 saturated heterocycles. The number of likely N-dealkylation sites (N-methyl/N-ethyl adjacent to an activating group) is 2. The molecule has 1 aliphatic rings. The van der Waals surface area contributed by atoms with Crippen LogP contribution in [0.25, 0.3) is 0 Å². The van der Waals surface area contributed by atoms with Crippen molar-refractivity contribution in [1.29, 1.82) is 0 Å². The molecule has 162 valence electrons. The first-order chi connectivity index (χ1) is 14.4. The second kappa shape index (κ2) is 9.86. The topological polar surface area (TPSA) is 82.0 Å². The smallest absolute Gasteiger partial charge is 0.253 e. The highest BCUT2D eigenvalue weighted by Gasteiger charge is 2.36. The lowest BCUT2D eigenvalue weighted by Crippen LogP contribution is -2.54. The summed E-state index contributed by atoms with van der Waals surface area (Å²) < 4.78 is 5.74. The average Bonchev–Trinajstić information content (AvgIpc) is 2.73. The third-order valence-electron chi connectivity index (χ3n) is 5.20. The number of carbonyl (C=O) groups is 1. The van der Waals surface area contributed by atoms with Gasteiger partial charge in [-0.1, -0.05) is 6.07 Å². The highest BCUT2D eigenvalue weighted by Crippen LogP contribution is 2.26. The molecule has 3 rings (SSSR count). The Bertz CT molecular complexity index is 833. The maximum Gasteiger partial charge on any atom is 0.253 e. The number of β-amino-alcohol motifs (C(OH)–C–C–N with tert-alkyl or cyclic N) is 1. The quantitative estimate of drug-likeness (QED) is 0.703. The Labute approximate surface area is 178 Å². The minimum atomic E-state index is -1.000. The molecule has 30 heavy (non-hydrogen) atoms. The van der Waals surface area contributed by atoms with Crippen LogP contribution in [0.1, 0.15) is 23.2 Å². The lowest BCUT2D eigenvalue weighted by Gasteiger charge is -2.41. The summed E-state index contributed by atoms with van der Waals surface area (Å²) in [7, 11) is 5.70. The Hall–Kier alpha value is -2.71. The van der Waals surface area contributed by atoms with Gasteiger partial charge in [0.1, 0.15) is 18.2 Å². The summed E-state index contributed by atoms with van der Waals surface area (Å²) in [5, 5.41) is 11.2. The first kappa shape index (κ1) is 22.0. The van der Waals surface area contributed by atoms with Gasteiger partial charge in [0.2, 0.25) is 0 Å². The molecule has 1 atom stereocenters. The summed E-state index contributed by atoms with van der Waals surface area (Å²) in [6, 6.07) is 7.19. The molecular formula is C22H31N5O3. The molecule has 8 nitrogen and oxygen atoms in total. The van der Waals surface area contributed by atoms with Crippen molar-refractivity contribution in [3.05, 3.63) is 48.4 Å². The first-order valence-electron chi connectivity index (χ1n) is 10.2. The van der Waals surface area contributed by atoms with E-state index >= 15 is 0 Å². The first-order valence-corrected chi connectivity index (χ1v) is 10.2. The fourth-order valence-electron chi connectivity index (χ4n) is 3.69. The molecule has 1 amide bonds. The average molecular weight is 414 g/mol. The number of ether oxygens (including phenoxy) is 1. The SMILES string of the molecule is CN(C)CCOc1cccc(C(=O)N(C)C[C@]2(O)CCCN(c3cnccn3)C2)c1. The number of piperidine rings is 1. The van der Waals surface area contributed by atoms with Gasteiger partial charge in [-0.15, -0.1) is 0 Å². The van der Waals surface area contributed by atoms with Crippen molar-refractivity contribution in [3.63, 3.8) is 0 Å². The minimum Gasteiger partial charge on any atom is -0.492 e. The summed E-state index contributed by atoms with van der Waals surface area (Å²) >= 11 is 0. The summed E-state index contributed by atoms with van der Waals surface area (Å²) in [5.41, 5.74) is -0.454. The maximum atomic E-state index is 13.0. The van der Waals surface area contributed by atoms with Crippen molar-refractivity contribution in [1.82, 2.24) is 19.8 Å². The molecule has 1 fully saturated rings. The molecule has 1 aliphatic heterocycles. The van der Waals surface area contributed by atoms with E-state index in [1.807, 2.05) is 36.0 Å². The number of carbonyl (C=O) groups excluding carboxylic acids is 1. The van der Waals surface area contributed by atoms with Crippen molar-refractivity contribution in [3.8, 4) is 5.75 Å². The molecule has 2 heterocycles. The van der Waals surface area contributed by atoms with Gasteiger partial charge in [-0.3, -0.25) is 9.78 Å². The number of amides is 1. The molecule has 0 aliphatic carbocycles. The number of nitrogens with zero attached hydrogens (tertiary/aromatic N) is 5. The predicted molar refractivity (Wildman–Crippen MR) is 116 cm³/mol. The number of aromatic nitrogens is 2. The van der Waals surface area contributed by atoms with E-state index < -0.39 is 5.60 Å². The van der Waals surface area contributed by atoms with Gasteiger partial charge in [-0.05, 0) is 45.1 Å².